The summed E-state index contributed by atoms with van der Waals surface area (Å²) in [5, 5.41) is 5.27. The zero-order valence-electron chi connectivity index (χ0n) is 14.3. The minimum Gasteiger partial charge on any atom is -0.495 e. The number of rotatable bonds is 5. The molecule has 0 unspecified atom stereocenters. The smallest absolute Gasteiger partial charge is 0.244 e. The van der Waals surface area contributed by atoms with E-state index in [1.807, 2.05) is 41.1 Å². The van der Waals surface area contributed by atoms with Gasteiger partial charge in [0.25, 0.3) is 0 Å². The number of benzene rings is 2. The Balaban J connectivity index is 1.80. The van der Waals surface area contributed by atoms with Crippen LogP contribution in [0.25, 0.3) is 11.3 Å². The van der Waals surface area contributed by atoms with E-state index in [0.29, 0.717) is 20.4 Å². The first-order chi connectivity index (χ1) is 12.5. The highest BCUT2D eigenvalue weighted by molar-refractivity contribution is 7.73. The second-order valence-corrected chi connectivity index (χ2v) is 7.65. The van der Waals surface area contributed by atoms with Gasteiger partial charge in [0.05, 0.1) is 17.8 Å². The summed E-state index contributed by atoms with van der Waals surface area (Å²) < 4.78 is 7.61. The van der Waals surface area contributed by atoms with E-state index in [1.165, 1.54) is 16.9 Å². The zero-order valence-corrected chi connectivity index (χ0v) is 16.7. The summed E-state index contributed by atoms with van der Waals surface area (Å²) in [5.41, 5.74) is 3.76. The molecule has 0 atom stereocenters. The third-order valence-electron chi connectivity index (χ3n) is 3.87. The van der Waals surface area contributed by atoms with E-state index < -0.39 is 0 Å². The molecule has 3 aromatic rings. The van der Waals surface area contributed by atoms with Gasteiger partial charge in [0.2, 0.25) is 5.91 Å². The lowest BCUT2D eigenvalue weighted by atomic mass is 10.1. The van der Waals surface area contributed by atoms with Crippen LogP contribution in [0.2, 0.25) is 5.02 Å². The fourth-order valence-electron chi connectivity index (χ4n) is 2.52. The number of nitrogens with one attached hydrogen (secondary N) is 1. The van der Waals surface area contributed by atoms with Crippen molar-refractivity contribution in [1.29, 1.82) is 0 Å². The molecule has 0 saturated carbocycles. The number of aromatic nitrogens is 1. The monoisotopic (exact) mass is 404 g/mol. The van der Waals surface area contributed by atoms with Crippen LogP contribution in [0.3, 0.4) is 0 Å². The average Bonchev–Trinajstić information content (AvgIpc) is 2.96. The number of anilines is 1. The minimum atomic E-state index is -0.172. The summed E-state index contributed by atoms with van der Waals surface area (Å²) in [6, 6.07) is 13.3. The van der Waals surface area contributed by atoms with Crippen molar-refractivity contribution in [3.8, 4) is 17.0 Å². The summed E-state index contributed by atoms with van der Waals surface area (Å²) in [5.74, 6) is 0.389. The Morgan fingerprint density at radius 1 is 1.27 bits per heavy atom. The number of aryl methyl sites for hydroxylation is 1. The van der Waals surface area contributed by atoms with Crippen LogP contribution in [-0.2, 0) is 11.3 Å². The molecule has 0 bridgehead atoms. The third kappa shape index (κ3) is 4.15. The van der Waals surface area contributed by atoms with Gasteiger partial charge in [0, 0.05) is 11.1 Å². The molecule has 3 rings (SSSR count). The molecule has 0 saturated heterocycles. The standard InChI is InChI=1S/C19H17ClN2O2S2/c1-12-3-5-13(6-4-12)16-11-26-19(25)22(16)10-18(23)21-14-7-8-17(24-2)15(20)9-14/h3-9,11H,10H2,1-2H3,(H,21,23). The summed E-state index contributed by atoms with van der Waals surface area (Å²) in [4.78, 5) is 12.5. The van der Waals surface area contributed by atoms with E-state index in [-0.39, 0.29) is 12.5 Å². The minimum absolute atomic E-state index is 0.134. The van der Waals surface area contributed by atoms with E-state index in [0.717, 1.165) is 11.3 Å². The summed E-state index contributed by atoms with van der Waals surface area (Å²) in [6.07, 6.45) is 0. The molecular weight excluding hydrogens is 388 g/mol. The number of hydrogen-bond donors (Lipinski definition) is 1. The number of ether oxygens (including phenoxy) is 1. The van der Waals surface area contributed by atoms with Crippen molar-refractivity contribution in [2.75, 3.05) is 12.4 Å². The quantitative estimate of drug-likeness (QED) is 0.566. The van der Waals surface area contributed by atoms with E-state index in [4.69, 9.17) is 28.6 Å². The molecule has 26 heavy (non-hydrogen) atoms. The number of hydrogen-bond acceptors (Lipinski definition) is 4. The number of nitrogens with zero attached hydrogens (tertiary/aromatic N) is 1. The molecule has 0 spiro atoms. The van der Waals surface area contributed by atoms with E-state index in [2.05, 4.69) is 5.32 Å². The van der Waals surface area contributed by atoms with Crippen molar-refractivity contribution in [3.05, 3.63) is 62.4 Å². The topological polar surface area (TPSA) is 43.3 Å². The fourth-order valence-corrected chi connectivity index (χ4v) is 3.85. The van der Waals surface area contributed by atoms with Crippen molar-refractivity contribution in [1.82, 2.24) is 4.57 Å². The van der Waals surface area contributed by atoms with Crippen LogP contribution in [0.4, 0.5) is 5.69 Å². The van der Waals surface area contributed by atoms with Crippen molar-refractivity contribution in [3.63, 3.8) is 0 Å². The number of halogens is 1. The molecule has 2 aromatic carbocycles. The second-order valence-electron chi connectivity index (χ2n) is 5.74. The largest absolute Gasteiger partial charge is 0.495 e. The van der Waals surface area contributed by atoms with Gasteiger partial charge >= 0.3 is 0 Å². The molecule has 0 aliphatic carbocycles. The highest BCUT2D eigenvalue weighted by Gasteiger charge is 2.12. The first-order valence-electron chi connectivity index (χ1n) is 7.86. The predicted octanol–water partition coefficient (Wildman–Crippen LogP) is 5.56. The van der Waals surface area contributed by atoms with Gasteiger partial charge in [0.1, 0.15) is 12.3 Å². The van der Waals surface area contributed by atoms with Crippen molar-refractivity contribution >= 4 is 46.8 Å². The predicted molar refractivity (Wildman–Crippen MR) is 110 cm³/mol. The maximum Gasteiger partial charge on any atom is 0.244 e. The van der Waals surface area contributed by atoms with Gasteiger partial charge in [0.15, 0.2) is 3.95 Å². The van der Waals surface area contributed by atoms with Gasteiger partial charge < -0.3 is 14.6 Å². The van der Waals surface area contributed by atoms with E-state index in [9.17, 15) is 4.79 Å². The Labute approximate surface area is 166 Å². The molecule has 0 radical (unpaired) electrons. The first kappa shape index (κ1) is 18.6. The van der Waals surface area contributed by atoms with Crippen molar-refractivity contribution in [2.24, 2.45) is 0 Å². The lowest BCUT2D eigenvalue weighted by molar-refractivity contribution is -0.116. The van der Waals surface area contributed by atoms with Crippen molar-refractivity contribution in [2.45, 2.75) is 13.5 Å². The van der Waals surface area contributed by atoms with Crippen LogP contribution in [-0.4, -0.2) is 17.6 Å². The van der Waals surface area contributed by atoms with Crippen LogP contribution in [0.15, 0.2) is 47.8 Å². The summed E-state index contributed by atoms with van der Waals surface area (Å²) in [6.45, 7) is 2.17. The summed E-state index contributed by atoms with van der Waals surface area (Å²) >= 11 is 12.9. The van der Waals surface area contributed by atoms with E-state index >= 15 is 0 Å². The number of carbonyl (C=O) groups excluding carboxylic acids is 1. The number of amides is 1. The van der Waals surface area contributed by atoms with Gasteiger partial charge in [-0.05, 0) is 42.9 Å². The molecule has 1 N–H and O–H groups in total. The van der Waals surface area contributed by atoms with Gasteiger partial charge in [-0.25, -0.2) is 0 Å². The Morgan fingerprint density at radius 3 is 2.65 bits per heavy atom. The highest BCUT2D eigenvalue weighted by Crippen LogP contribution is 2.28. The molecule has 1 aromatic heterocycles. The normalized spacial score (nSPS) is 10.6. The zero-order chi connectivity index (χ0) is 18.7. The first-order valence-corrected chi connectivity index (χ1v) is 9.53. The Bertz CT molecular complexity index is 994. The van der Waals surface area contributed by atoms with Gasteiger partial charge in [-0.15, -0.1) is 11.3 Å². The van der Waals surface area contributed by atoms with Crippen LogP contribution in [0, 0.1) is 10.9 Å². The van der Waals surface area contributed by atoms with Crippen molar-refractivity contribution < 1.29 is 9.53 Å². The fraction of sp³-hybridized carbons (Fsp3) is 0.158. The Kier molecular flexibility index (Phi) is 5.76. The molecule has 0 aliphatic rings. The third-order valence-corrected chi connectivity index (χ3v) is 5.43. The molecule has 0 fully saturated rings. The number of methoxy groups -OCH3 is 1. The molecule has 0 aliphatic heterocycles. The van der Waals surface area contributed by atoms with Crippen LogP contribution >= 0.6 is 35.2 Å². The molecule has 1 amide bonds. The lowest BCUT2D eigenvalue weighted by Gasteiger charge is -2.11. The lowest BCUT2D eigenvalue weighted by Crippen LogP contribution is -2.19. The van der Waals surface area contributed by atoms with Gasteiger partial charge in [-0.1, -0.05) is 41.4 Å². The molecule has 4 nitrogen and oxygen atoms in total. The Hall–Kier alpha value is -2.15. The molecule has 134 valence electrons. The molecular formula is C19H17ClN2O2S2. The number of thiazole rings is 1. The second kappa shape index (κ2) is 8.03. The van der Waals surface area contributed by atoms with Gasteiger partial charge in [-0.3, -0.25) is 4.79 Å². The van der Waals surface area contributed by atoms with Crippen LogP contribution in [0.5, 0.6) is 5.75 Å². The number of carbonyl (C=O) groups is 1. The maximum absolute atomic E-state index is 12.5. The molecule has 7 heteroatoms. The molecule has 1 heterocycles. The maximum atomic E-state index is 12.5. The van der Waals surface area contributed by atoms with E-state index in [1.54, 1.807) is 25.3 Å². The van der Waals surface area contributed by atoms with Gasteiger partial charge in [-0.2, -0.15) is 0 Å². The van der Waals surface area contributed by atoms with Crippen LogP contribution < -0.4 is 10.1 Å². The highest BCUT2D eigenvalue weighted by atomic mass is 35.5. The average molecular weight is 405 g/mol. The SMILES string of the molecule is COc1ccc(NC(=O)Cn2c(-c3ccc(C)cc3)csc2=S)cc1Cl. The van der Waals surface area contributed by atoms with Crippen LogP contribution in [0.1, 0.15) is 5.56 Å². The Morgan fingerprint density at radius 2 is 2.00 bits per heavy atom. The summed E-state index contributed by atoms with van der Waals surface area (Å²) in [7, 11) is 1.55.